The number of aromatic nitrogens is 8. The van der Waals surface area contributed by atoms with E-state index >= 15 is 19.2 Å². The zero-order valence-corrected chi connectivity index (χ0v) is 67.0. The van der Waals surface area contributed by atoms with E-state index in [9.17, 15) is 43.9 Å². The fourth-order valence-corrected chi connectivity index (χ4v) is 17.0. The summed E-state index contributed by atoms with van der Waals surface area (Å²) in [7, 11) is -17.2. The molecule has 0 saturated heterocycles. The Morgan fingerprint density at radius 2 is 0.553 bits per heavy atom. The highest BCUT2D eigenvalue weighted by Crippen LogP contribution is 2.49. The van der Waals surface area contributed by atoms with Crippen molar-refractivity contribution in [1.82, 2.24) is 39.9 Å². The van der Waals surface area contributed by atoms with Crippen LogP contribution in [0.25, 0.3) is 0 Å². The lowest BCUT2D eigenvalue weighted by Crippen LogP contribution is -2.38. The van der Waals surface area contributed by atoms with Crippen LogP contribution in [0.3, 0.4) is 0 Å². The van der Waals surface area contributed by atoms with Gasteiger partial charge in [0.15, 0.2) is 23.1 Å². The standard InChI is InChI=1S/C78H76N18O14S4/c1-37(2)59-65-63(57(69(97)73(59)101)35-79-49-15-23-53(24-16-49)111(103,104)93-75-81-39(5)31-40(6)82-75)71(99)61(47(13)67(65)91-89-51-19-27-55(28-20-51)113(107,108)95-77-85-43(9)33-44(10)86-77)62-48(14)68(92-90-52-21-29-56(30-22-52)114(109,110)96-78-87-45(11)34-46(12)88-78)66-60(38(3)4)74(102)70(98)58(64(66)72(62)100)36-80-50-17-25-54(26-18-50)112(105,106)94-76-83-41(7)32-42(8)84-76/h15-38,79-80,89-90,101-102H,1-14H3,(H,81,82,93)(H,83,84,94)(H,85,86,95)(H,87,88,96)/b57-35-,58-36-,91-67+,92-68+. The molecule has 0 bridgehead atoms. The fraction of sp³-hybridized carbons (Fsp3) is 0.205. The van der Waals surface area contributed by atoms with Crippen molar-refractivity contribution in [3.8, 4) is 0 Å². The van der Waals surface area contributed by atoms with Gasteiger partial charge in [-0.05, 0) is 214 Å². The maximum absolute atomic E-state index is 16.7. The number of carbonyl (C=O) groups excluding carboxylic acids is 4. The molecule has 10 N–H and O–H groups in total. The molecule has 0 radical (unpaired) electrons. The first kappa shape index (κ1) is 80.5. The SMILES string of the molecule is CC1=C(C2=C(C)/C(=N\Nc3ccc(S(=O)(=O)Nc4nc(C)cc(C)n4)cc3)C3=C(C2=O)/C(=C/Nc2ccc(S(=O)(=O)Nc4nc(C)cc(C)n4)cc2)C(=O)C(O)=C3C(C)C)C(=O)C2=C(C(C(C)C)=C(O)C(=O)/C2=C\Nc2ccc(S(=O)(=O)Nc3nc(C)cc(C)n3)cc2)/C1=N/Nc1ccc(S(=O)(=O)Nc2nc(C)cc(C)n2)cc1. The lowest BCUT2D eigenvalue weighted by atomic mass is 9.66. The topological polar surface area (TPSA) is 469 Å². The highest BCUT2D eigenvalue weighted by atomic mass is 32.2. The van der Waals surface area contributed by atoms with Gasteiger partial charge < -0.3 is 20.8 Å². The second kappa shape index (κ2) is 31.2. The van der Waals surface area contributed by atoms with Crippen LogP contribution in [-0.4, -0.2) is 118 Å². The van der Waals surface area contributed by atoms with Crippen molar-refractivity contribution < 1.29 is 63.1 Å². The summed E-state index contributed by atoms with van der Waals surface area (Å²) in [5.41, 5.74) is 7.02. The van der Waals surface area contributed by atoms with E-state index in [4.69, 9.17) is 10.2 Å². The third-order valence-electron chi connectivity index (χ3n) is 18.1. The van der Waals surface area contributed by atoms with Crippen molar-refractivity contribution in [3.63, 3.8) is 0 Å². The molecule has 0 aliphatic heterocycles. The van der Waals surface area contributed by atoms with Gasteiger partial charge in [-0.1, -0.05) is 27.7 Å². The Labute approximate surface area is 656 Å². The number of hydrogen-bond acceptors (Lipinski definition) is 28. The number of rotatable bonds is 23. The van der Waals surface area contributed by atoms with Crippen LogP contribution in [0.2, 0.25) is 0 Å². The quantitative estimate of drug-likeness (QED) is 0.0161. The van der Waals surface area contributed by atoms with E-state index in [-0.39, 0.29) is 111 Å². The van der Waals surface area contributed by atoms with Crippen LogP contribution in [0.15, 0.2) is 242 Å². The second-order valence-electron chi connectivity index (χ2n) is 27.6. The minimum absolute atomic E-state index is 0.0747. The Morgan fingerprint density at radius 3 is 0.781 bits per heavy atom. The molecule has 12 rings (SSSR count). The normalized spacial score (nSPS) is 16.6. The lowest BCUT2D eigenvalue weighted by molar-refractivity contribution is -0.117. The summed E-state index contributed by atoms with van der Waals surface area (Å²) in [6.45, 7) is 22.9. The number of Topliss-reactive ketones (excluding diaryl/α,β-unsaturated/α-hetero) is 4. The minimum Gasteiger partial charge on any atom is -0.504 e. The van der Waals surface area contributed by atoms with E-state index in [0.717, 1.165) is 12.4 Å². The first-order valence-electron chi connectivity index (χ1n) is 35.1. The molecule has 4 heterocycles. The number of carbonyl (C=O) groups is 4. The molecular formula is C78H76N18O14S4. The number of ketones is 4. The summed E-state index contributed by atoms with van der Waals surface area (Å²) in [6, 6.07) is 27.7. The molecule has 36 heteroatoms. The molecule has 8 aromatic rings. The maximum Gasteiger partial charge on any atom is 0.264 e. The summed E-state index contributed by atoms with van der Waals surface area (Å²) in [5, 5.41) is 40.3. The predicted octanol–water partition coefficient (Wildman–Crippen LogP) is 11.2. The van der Waals surface area contributed by atoms with Gasteiger partial charge in [0.05, 0.1) is 53.5 Å². The zero-order valence-electron chi connectivity index (χ0n) is 63.8. The van der Waals surface area contributed by atoms with Crippen molar-refractivity contribution >= 4 is 121 Å². The van der Waals surface area contributed by atoms with Crippen molar-refractivity contribution in [1.29, 1.82) is 0 Å². The highest BCUT2D eigenvalue weighted by molar-refractivity contribution is 7.93. The van der Waals surface area contributed by atoms with E-state index in [1.807, 2.05) is 0 Å². The largest absolute Gasteiger partial charge is 0.504 e. The Balaban J connectivity index is 1.02. The third kappa shape index (κ3) is 16.6. The van der Waals surface area contributed by atoms with Crippen LogP contribution in [-0.2, 0) is 59.3 Å². The van der Waals surface area contributed by atoms with Crippen molar-refractivity contribution in [2.75, 3.05) is 40.4 Å². The van der Waals surface area contributed by atoms with Crippen LogP contribution >= 0.6 is 0 Å². The number of allylic oxidation sites excluding steroid dienone is 12. The molecular weight excluding hydrogens is 1540 g/mol. The van der Waals surface area contributed by atoms with Gasteiger partial charge in [-0.3, -0.25) is 30.0 Å². The Hall–Kier alpha value is -13.1. The molecule has 114 heavy (non-hydrogen) atoms. The number of anilines is 8. The van der Waals surface area contributed by atoms with Gasteiger partial charge in [0, 0.05) is 114 Å². The van der Waals surface area contributed by atoms with E-state index in [0.29, 0.717) is 45.6 Å². The van der Waals surface area contributed by atoms with Crippen molar-refractivity contribution in [2.24, 2.45) is 22.0 Å². The average Bonchev–Trinajstić information content (AvgIpc) is 0.704. The van der Waals surface area contributed by atoms with Crippen LogP contribution in [0.1, 0.15) is 87.1 Å². The van der Waals surface area contributed by atoms with Gasteiger partial charge in [0.2, 0.25) is 35.4 Å². The number of nitrogens with one attached hydrogen (secondary N) is 8. The number of hydrazone groups is 2. The number of hydrogen-bond donors (Lipinski definition) is 10. The molecule has 4 aromatic carbocycles. The van der Waals surface area contributed by atoms with Crippen LogP contribution in [0.5, 0.6) is 0 Å². The summed E-state index contributed by atoms with van der Waals surface area (Å²) in [4.78, 5) is 96.5. The minimum atomic E-state index is -4.31. The first-order chi connectivity index (χ1) is 53.7. The molecule has 4 aliphatic rings. The van der Waals surface area contributed by atoms with Gasteiger partial charge >= 0.3 is 0 Å². The molecule has 0 spiro atoms. The number of sulfonamides is 4. The monoisotopic (exact) mass is 1620 g/mol. The predicted molar refractivity (Wildman–Crippen MR) is 429 cm³/mol. The molecule has 0 fully saturated rings. The number of aliphatic hydroxyl groups is 2. The van der Waals surface area contributed by atoms with Crippen molar-refractivity contribution in [2.45, 2.75) is 117 Å². The van der Waals surface area contributed by atoms with E-state index in [1.54, 1.807) is 107 Å². The molecule has 0 amide bonds. The summed E-state index contributed by atoms with van der Waals surface area (Å²) in [5.74, 6) is -8.05. The Bertz CT molecular complexity index is 5840. The van der Waals surface area contributed by atoms with Gasteiger partial charge in [0.25, 0.3) is 40.1 Å². The second-order valence-corrected chi connectivity index (χ2v) is 34.3. The van der Waals surface area contributed by atoms with Crippen molar-refractivity contribution in [3.05, 3.63) is 258 Å². The smallest absolute Gasteiger partial charge is 0.264 e. The van der Waals surface area contributed by atoms with Gasteiger partial charge in [-0.25, -0.2) is 92.4 Å². The number of nitrogens with zero attached hydrogens (tertiary/aromatic N) is 10. The summed E-state index contributed by atoms with van der Waals surface area (Å²) in [6.07, 6.45) is 2.23. The zero-order chi connectivity index (χ0) is 82.5. The fourth-order valence-electron chi connectivity index (χ4n) is 13.2. The molecule has 0 saturated carbocycles. The molecule has 0 unspecified atom stereocenters. The maximum atomic E-state index is 16.7. The van der Waals surface area contributed by atoms with E-state index in [2.05, 4.69) is 80.2 Å². The highest BCUT2D eigenvalue weighted by Gasteiger charge is 2.49. The summed E-state index contributed by atoms with van der Waals surface area (Å²) < 4.78 is 120. The molecule has 0 atom stereocenters. The lowest BCUT2D eigenvalue weighted by Gasteiger charge is -2.35. The van der Waals surface area contributed by atoms with Gasteiger partial charge in [0.1, 0.15) is 0 Å². The van der Waals surface area contributed by atoms with Gasteiger partial charge in [-0.15, -0.1) is 0 Å². The first-order valence-corrected chi connectivity index (χ1v) is 41.0. The molecule has 586 valence electrons. The third-order valence-corrected chi connectivity index (χ3v) is 23.5. The average molecular weight is 1620 g/mol. The molecule has 4 aromatic heterocycles. The van der Waals surface area contributed by atoms with E-state index < -0.39 is 120 Å². The summed E-state index contributed by atoms with van der Waals surface area (Å²) >= 11 is 0. The van der Waals surface area contributed by atoms with E-state index in [1.165, 1.54) is 111 Å². The number of benzene rings is 4. The molecule has 4 aliphatic carbocycles. The molecule has 32 nitrogen and oxygen atoms in total. The van der Waals surface area contributed by atoms with Crippen LogP contribution in [0, 0.1) is 67.2 Å². The van der Waals surface area contributed by atoms with Gasteiger partial charge in [-0.2, -0.15) is 10.2 Å². The van der Waals surface area contributed by atoms with Crippen LogP contribution < -0.4 is 40.4 Å². The number of aliphatic hydroxyl groups excluding tert-OH is 2. The van der Waals surface area contributed by atoms with Crippen LogP contribution in [0.4, 0.5) is 46.5 Å². The Kier molecular flexibility index (Phi) is 22.1. The number of aryl methyl sites for hydroxylation is 8. The Morgan fingerprint density at radius 1 is 0.325 bits per heavy atom.